The molecule has 1 heterocycles. The van der Waals surface area contributed by atoms with Crippen molar-refractivity contribution in [2.75, 3.05) is 4.90 Å². The summed E-state index contributed by atoms with van der Waals surface area (Å²) in [7, 11) is 0. The first kappa shape index (κ1) is 36.9. The van der Waals surface area contributed by atoms with E-state index in [-0.39, 0.29) is 5.41 Å². The normalized spacial score (nSPS) is 12.7. The third kappa shape index (κ3) is 6.09. The van der Waals surface area contributed by atoms with Gasteiger partial charge in [-0.15, -0.1) is 0 Å². The largest absolute Gasteiger partial charge is 0.456 e. The summed E-state index contributed by atoms with van der Waals surface area (Å²) in [5.41, 5.74) is 19.8. The smallest absolute Gasteiger partial charge is 0.137 e. The lowest BCUT2D eigenvalue weighted by atomic mass is 9.81. The number of furan rings is 1. The maximum Gasteiger partial charge on any atom is 0.137 e. The third-order valence-electron chi connectivity index (χ3n) is 13.3. The molecular formula is C61H43NO. The molecule has 298 valence electrons. The van der Waals surface area contributed by atoms with Crippen molar-refractivity contribution in [2.24, 2.45) is 0 Å². The van der Waals surface area contributed by atoms with Gasteiger partial charge in [-0.3, -0.25) is 0 Å². The molecule has 0 bridgehead atoms. The van der Waals surface area contributed by atoms with Gasteiger partial charge >= 0.3 is 0 Å². The van der Waals surface area contributed by atoms with Gasteiger partial charge < -0.3 is 9.32 Å². The molecule has 1 aliphatic carbocycles. The Hall–Kier alpha value is -7.94. The number of nitrogens with zero attached hydrogens (tertiary/aromatic N) is 1. The molecule has 2 nitrogen and oxygen atoms in total. The first-order valence-corrected chi connectivity index (χ1v) is 21.8. The predicted molar refractivity (Wildman–Crippen MR) is 265 cm³/mol. The Labute approximate surface area is 368 Å². The first-order valence-electron chi connectivity index (χ1n) is 21.8. The van der Waals surface area contributed by atoms with E-state index < -0.39 is 0 Å². The number of para-hydroxylation sites is 2. The van der Waals surface area contributed by atoms with Gasteiger partial charge in [0.2, 0.25) is 0 Å². The summed E-state index contributed by atoms with van der Waals surface area (Å²) < 4.78 is 6.39. The van der Waals surface area contributed by atoms with Crippen LogP contribution in [-0.2, 0) is 5.41 Å². The Balaban J connectivity index is 0.971. The zero-order chi connectivity index (χ0) is 42.1. The van der Waals surface area contributed by atoms with Gasteiger partial charge in [0.05, 0.1) is 0 Å². The van der Waals surface area contributed by atoms with E-state index in [4.69, 9.17) is 4.42 Å². The molecule has 63 heavy (non-hydrogen) atoms. The molecule has 10 aromatic carbocycles. The Kier molecular flexibility index (Phi) is 8.55. The van der Waals surface area contributed by atoms with Crippen LogP contribution < -0.4 is 4.90 Å². The van der Waals surface area contributed by atoms with Crippen molar-refractivity contribution < 1.29 is 4.42 Å². The number of anilines is 3. The summed E-state index contributed by atoms with van der Waals surface area (Å²) in [6.45, 7) is 4.76. The molecule has 1 aliphatic rings. The molecule has 11 aromatic rings. The third-order valence-corrected chi connectivity index (χ3v) is 13.3. The molecule has 12 rings (SSSR count). The molecule has 1 aromatic heterocycles. The second-order valence-electron chi connectivity index (χ2n) is 17.3. The summed E-state index contributed by atoms with van der Waals surface area (Å²) in [5.74, 6) is 0. The second-order valence-corrected chi connectivity index (χ2v) is 17.3. The lowest BCUT2D eigenvalue weighted by molar-refractivity contribution is 0.660. The molecule has 0 saturated heterocycles. The molecule has 0 saturated carbocycles. The summed E-state index contributed by atoms with van der Waals surface area (Å²) >= 11 is 0. The molecular weight excluding hydrogens is 763 g/mol. The number of hydrogen-bond donors (Lipinski definition) is 0. The van der Waals surface area contributed by atoms with E-state index in [0.29, 0.717) is 0 Å². The van der Waals surface area contributed by atoms with Crippen LogP contribution in [0.1, 0.15) is 25.0 Å². The maximum atomic E-state index is 6.39. The fraction of sp³-hybridized carbons (Fsp3) is 0.0492. The van der Waals surface area contributed by atoms with E-state index in [1.807, 2.05) is 12.1 Å². The molecule has 0 atom stereocenters. The highest BCUT2D eigenvalue weighted by Gasteiger charge is 2.36. The molecule has 0 radical (unpaired) electrons. The zero-order valence-electron chi connectivity index (χ0n) is 35.2. The molecule has 0 amide bonds. The highest BCUT2D eigenvalue weighted by molar-refractivity contribution is 6.09. The number of fused-ring (bicyclic) bond motifs is 7. The van der Waals surface area contributed by atoms with Crippen molar-refractivity contribution in [1.82, 2.24) is 0 Å². The van der Waals surface area contributed by atoms with Crippen molar-refractivity contribution in [2.45, 2.75) is 19.3 Å². The fourth-order valence-corrected chi connectivity index (χ4v) is 10.2. The Bertz CT molecular complexity index is 3520. The van der Waals surface area contributed by atoms with E-state index in [1.165, 1.54) is 77.5 Å². The average molecular weight is 806 g/mol. The topological polar surface area (TPSA) is 16.4 Å². The van der Waals surface area contributed by atoms with Crippen molar-refractivity contribution in [3.8, 4) is 55.6 Å². The van der Waals surface area contributed by atoms with Crippen LogP contribution in [-0.4, -0.2) is 0 Å². The van der Waals surface area contributed by atoms with E-state index >= 15 is 0 Å². The van der Waals surface area contributed by atoms with Gasteiger partial charge in [0.25, 0.3) is 0 Å². The van der Waals surface area contributed by atoms with E-state index in [9.17, 15) is 0 Å². The maximum absolute atomic E-state index is 6.39. The summed E-state index contributed by atoms with van der Waals surface area (Å²) in [4.78, 5) is 2.35. The minimum Gasteiger partial charge on any atom is -0.456 e. The lowest BCUT2D eigenvalue weighted by Gasteiger charge is -2.28. The van der Waals surface area contributed by atoms with Gasteiger partial charge in [-0.25, -0.2) is 0 Å². The van der Waals surface area contributed by atoms with Crippen LogP contribution in [0.5, 0.6) is 0 Å². The standard InChI is InChI=1S/C61H43NO/c1-61(2)56-37-44(43-28-32-48(40-16-6-3-7-17-40)55(36-43)54-26-15-21-42-20-14-25-49(60(42)54)41-18-8-4-9-19-41)29-33-50(56)51-34-30-46(38-57(51)61)62(45-22-10-5-11-23-45)47-31-35-53-52-24-12-13-27-58(52)63-59(53)39-47/h3-39H,1-2H3. The number of benzene rings is 10. The SMILES string of the molecule is CC1(C)c2cc(-c3ccc(-c4ccccc4)c(-c4cccc5cccc(-c6ccccc6)c45)c3)ccc2-c2ccc(N(c3ccccc3)c3ccc4c(c3)oc3ccccc34)cc21. The predicted octanol–water partition coefficient (Wildman–Crippen LogP) is 17.2. The second kappa shape index (κ2) is 14.6. The van der Waals surface area contributed by atoms with E-state index in [1.54, 1.807) is 0 Å². The molecule has 0 N–H and O–H groups in total. The minimum atomic E-state index is -0.241. The minimum absolute atomic E-state index is 0.241. The van der Waals surface area contributed by atoms with Gasteiger partial charge in [0.1, 0.15) is 11.2 Å². The molecule has 2 heteroatoms. The zero-order valence-corrected chi connectivity index (χ0v) is 35.2. The lowest BCUT2D eigenvalue weighted by Crippen LogP contribution is -2.16. The Morgan fingerprint density at radius 1 is 0.333 bits per heavy atom. The summed E-state index contributed by atoms with van der Waals surface area (Å²) in [6.07, 6.45) is 0. The number of rotatable bonds is 7. The molecule has 0 fully saturated rings. The highest BCUT2D eigenvalue weighted by Crippen LogP contribution is 2.52. The van der Waals surface area contributed by atoms with Crippen LogP contribution in [0.2, 0.25) is 0 Å². The van der Waals surface area contributed by atoms with Crippen LogP contribution in [0.15, 0.2) is 229 Å². The van der Waals surface area contributed by atoms with Crippen LogP contribution in [0.3, 0.4) is 0 Å². The Morgan fingerprint density at radius 3 is 1.63 bits per heavy atom. The van der Waals surface area contributed by atoms with Crippen LogP contribution >= 0.6 is 0 Å². The van der Waals surface area contributed by atoms with Crippen LogP contribution in [0, 0.1) is 0 Å². The van der Waals surface area contributed by atoms with Crippen molar-refractivity contribution in [3.63, 3.8) is 0 Å². The monoisotopic (exact) mass is 805 g/mol. The Morgan fingerprint density at radius 2 is 0.889 bits per heavy atom. The average Bonchev–Trinajstić information content (AvgIpc) is 3.82. The van der Waals surface area contributed by atoms with Gasteiger partial charge in [-0.05, 0) is 132 Å². The highest BCUT2D eigenvalue weighted by atomic mass is 16.3. The quantitative estimate of drug-likeness (QED) is 0.160. The fourth-order valence-electron chi connectivity index (χ4n) is 10.2. The van der Waals surface area contributed by atoms with Crippen LogP contribution in [0.4, 0.5) is 17.1 Å². The van der Waals surface area contributed by atoms with Gasteiger partial charge in [0, 0.05) is 39.3 Å². The molecule has 0 aliphatic heterocycles. The van der Waals surface area contributed by atoms with E-state index in [0.717, 1.165) is 39.0 Å². The first-order chi connectivity index (χ1) is 31.0. The molecule has 0 spiro atoms. The van der Waals surface area contributed by atoms with Crippen molar-refractivity contribution >= 4 is 49.8 Å². The van der Waals surface area contributed by atoms with Crippen molar-refractivity contribution in [1.29, 1.82) is 0 Å². The van der Waals surface area contributed by atoms with Gasteiger partial charge in [0.15, 0.2) is 0 Å². The van der Waals surface area contributed by atoms with E-state index in [2.05, 4.69) is 231 Å². The van der Waals surface area contributed by atoms with Crippen LogP contribution in [0.25, 0.3) is 88.3 Å². The summed E-state index contributed by atoms with van der Waals surface area (Å²) in [6, 6.07) is 81.7. The van der Waals surface area contributed by atoms with Gasteiger partial charge in [-0.1, -0.05) is 178 Å². The number of hydrogen-bond acceptors (Lipinski definition) is 2. The van der Waals surface area contributed by atoms with Gasteiger partial charge in [-0.2, -0.15) is 0 Å². The molecule has 0 unspecified atom stereocenters. The summed E-state index contributed by atoms with van der Waals surface area (Å²) in [5, 5.41) is 4.76. The van der Waals surface area contributed by atoms with Crippen molar-refractivity contribution in [3.05, 3.63) is 236 Å².